The molecule has 1 atom stereocenters. The van der Waals surface area contributed by atoms with Crippen molar-refractivity contribution in [2.75, 3.05) is 61.4 Å². The maximum absolute atomic E-state index is 13.2. The summed E-state index contributed by atoms with van der Waals surface area (Å²) in [6, 6.07) is 5.77. The van der Waals surface area contributed by atoms with Crippen molar-refractivity contribution in [1.29, 1.82) is 0 Å². The van der Waals surface area contributed by atoms with Crippen LogP contribution in [0.5, 0.6) is 23.0 Å². The van der Waals surface area contributed by atoms with Crippen LogP contribution in [0.4, 0.5) is 0 Å². The molecular weight excluding hydrogens is 432 g/mol. The number of amides is 1. The Bertz CT molecular complexity index is 1490. The zero-order valence-electron chi connectivity index (χ0n) is 32.1. The summed E-state index contributed by atoms with van der Waals surface area (Å²) in [5.41, 5.74) is 2.04. The Morgan fingerprint density at radius 3 is 2.38 bits per heavy atom. The van der Waals surface area contributed by atoms with Crippen LogP contribution in [0.1, 0.15) is 52.4 Å². The van der Waals surface area contributed by atoms with Gasteiger partial charge >= 0.3 is 0 Å². The predicted molar refractivity (Wildman–Crippen MR) is 132 cm³/mol. The molecule has 0 fully saturated rings. The molecule has 34 heavy (non-hydrogen) atoms. The van der Waals surface area contributed by atoms with E-state index >= 15 is 0 Å². The fourth-order valence-corrected chi connectivity index (χ4v) is 4.34. The van der Waals surface area contributed by atoms with Crippen molar-refractivity contribution >= 4 is 5.91 Å². The molecule has 1 amide bonds. The lowest BCUT2D eigenvalue weighted by Gasteiger charge is -2.34. The minimum Gasteiger partial charge on any atom is -0.493 e. The van der Waals surface area contributed by atoms with Crippen molar-refractivity contribution < 1.29 is 41.6 Å². The molecule has 1 unspecified atom stereocenters. The number of hydrogen-bond acceptors (Lipinski definition) is 6. The Labute approximate surface area is 220 Å². The van der Waals surface area contributed by atoms with Crippen LogP contribution < -0.4 is 18.9 Å². The highest BCUT2D eigenvalue weighted by Crippen LogP contribution is 2.42. The van der Waals surface area contributed by atoms with Crippen LogP contribution in [0.2, 0.25) is 0 Å². The third kappa shape index (κ3) is 4.94. The predicted octanol–water partition coefficient (Wildman–Crippen LogP) is 3.31. The van der Waals surface area contributed by atoms with Gasteiger partial charge in [0.2, 0.25) is 5.91 Å². The molecule has 184 valence electrons. The molecule has 1 heterocycles. The standard InChI is InChI=1S/C27H36N2O5/c1-28(17-21-11-20-14-25(33-4)26(34-5)16-22(20)21)8-6-9-29-10-7-18-12-23(31-2)24(32-3)13-19(18)15-27(29)30/h12-14,16,21H,6-11,15,17H2,1-5H3/i1D3,3D3,4D3,8D2,17D2. The second kappa shape index (κ2) is 10.6. The third-order valence-electron chi connectivity index (χ3n) is 6.21. The van der Waals surface area contributed by atoms with E-state index in [4.69, 9.17) is 36.8 Å². The van der Waals surface area contributed by atoms with Gasteiger partial charge in [0.15, 0.2) is 23.0 Å². The van der Waals surface area contributed by atoms with Gasteiger partial charge in [-0.05, 0) is 79.3 Å². The second-order valence-corrected chi connectivity index (χ2v) is 8.11. The molecular formula is C27H36N2O5. The zero-order valence-corrected chi connectivity index (χ0v) is 19.1. The molecule has 0 spiro atoms. The Kier molecular flexibility index (Phi) is 3.94. The van der Waals surface area contributed by atoms with Gasteiger partial charge in [0.1, 0.15) is 0 Å². The van der Waals surface area contributed by atoms with Crippen LogP contribution in [0.15, 0.2) is 24.3 Å². The number of ether oxygens (including phenoxy) is 4. The first-order valence-corrected chi connectivity index (χ1v) is 10.8. The quantitative estimate of drug-likeness (QED) is 0.519. The van der Waals surface area contributed by atoms with Gasteiger partial charge in [0.25, 0.3) is 0 Å². The fourth-order valence-electron chi connectivity index (χ4n) is 4.34. The normalized spacial score (nSPS) is 24.6. The van der Waals surface area contributed by atoms with Crippen LogP contribution >= 0.6 is 0 Å². The Hall–Kier alpha value is -2.93. The van der Waals surface area contributed by atoms with Crippen LogP contribution in [0, 0.1) is 0 Å². The second-order valence-electron chi connectivity index (χ2n) is 8.11. The van der Waals surface area contributed by atoms with E-state index in [9.17, 15) is 4.79 Å². The van der Waals surface area contributed by atoms with Gasteiger partial charge in [0.05, 0.1) is 42.9 Å². The van der Waals surface area contributed by atoms with Gasteiger partial charge < -0.3 is 28.7 Å². The van der Waals surface area contributed by atoms with E-state index in [1.807, 2.05) is 0 Å². The number of carbonyl (C=O) groups is 1. The van der Waals surface area contributed by atoms with Crippen molar-refractivity contribution in [2.24, 2.45) is 0 Å². The Morgan fingerprint density at radius 2 is 1.68 bits per heavy atom. The first-order valence-electron chi connectivity index (χ1n) is 17.3. The minimum atomic E-state index is -3.23. The molecule has 0 N–H and O–H groups in total. The number of carbonyl (C=O) groups excluding carboxylic acids is 1. The van der Waals surface area contributed by atoms with Gasteiger partial charge in [-0.1, -0.05) is 0 Å². The highest BCUT2D eigenvalue weighted by molar-refractivity contribution is 5.80. The highest BCUT2D eigenvalue weighted by atomic mass is 16.5. The van der Waals surface area contributed by atoms with E-state index in [0.717, 1.165) is 0 Å². The van der Waals surface area contributed by atoms with Crippen molar-refractivity contribution in [1.82, 2.24) is 9.80 Å². The first kappa shape index (κ1) is 12.7. The number of benzene rings is 2. The zero-order chi connectivity index (χ0) is 35.3. The number of fused-ring (bicyclic) bond motifs is 2. The molecule has 0 radical (unpaired) electrons. The Balaban J connectivity index is 1.54. The van der Waals surface area contributed by atoms with Crippen LogP contribution in [-0.2, 0) is 24.1 Å². The van der Waals surface area contributed by atoms with Crippen molar-refractivity contribution in [3.63, 3.8) is 0 Å². The van der Waals surface area contributed by atoms with E-state index in [1.54, 1.807) is 6.07 Å². The highest BCUT2D eigenvalue weighted by Gasteiger charge is 2.29. The molecule has 2 aromatic rings. The summed E-state index contributed by atoms with van der Waals surface area (Å²) < 4.78 is 125. The summed E-state index contributed by atoms with van der Waals surface area (Å²) in [6.07, 6.45) is -0.408. The van der Waals surface area contributed by atoms with E-state index in [2.05, 4.69) is 0 Å². The summed E-state index contributed by atoms with van der Waals surface area (Å²) in [5, 5.41) is 0. The van der Waals surface area contributed by atoms with Gasteiger partial charge in [-0.3, -0.25) is 4.79 Å². The molecule has 2 aromatic carbocycles. The van der Waals surface area contributed by atoms with Crippen molar-refractivity contribution in [3.05, 3.63) is 46.5 Å². The van der Waals surface area contributed by atoms with Crippen LogP contribution in [-0.4, -0.2) is 77.1 Å². The van der Waals surface area contributed by atoms with E-state index in [-0.39, 0.29) is 53.8 Å². The van der Waals surface area contributed by atoms with E-state index < -0.39 is 52.3 Å². The van der Waals surface area contributed by atoms with Gasteiger partial charge in [-0.2, -0.15) is 0 Å². The first-order chi connectivity index (χ1) is 21.5. The monoisotopic (exact) mass is 481 g/mol. The van der Waals surface area contributed by atoms with Crippen molar-refractivity contribution in [3.8, 4) is 23.0 Å². The summed E-state index contributed by atoms with van der Waals surface area (Å²) in [4.78, 5) is 14.8. The summed E-state index contributed by atoms with van der Waals surface area (Å²) >= 11 is 0. The fraction of sp³-hybridized carbons (Fsp3) is 0.519. The average Bonchev–Trinajstić information content (AvgIpc) is 3.02. The number of rotatable bonds is 10. The lowest BCUT2D eigenvalue weighted by atomic mass is 9.77. The molecule has 4 rings (SSSR count). The molecule has 0 aromatic heterocycles. The molecule has 1 aliphatic heterocycles. The SMILES string of the molecule is [2H]C([2H])([2H])Oc1cc2c(cc1OC)CCN(CCC([2H])([2H])N(C([2H])([2H])[2H])C([2H])([2H])C1Cc3cc(OC([2H])([2H])[2H])c(OC)cc31)C(=O)C2. The van der Waals surface area contributed by atoms with Crippen molar-refractivity contribution in [2.45, 2.75) is 31.6 Å². The summed E-state index contributed by atoms with van der Waals surface area (Å²) in [7, 11) is -2.90. The lowest BCUT2D eigenvalue weighted by molar-refractivity contribution is -0.130. The number of hydrogen-bond donors (Lipinski definition) is 0. The summed E-state index contributed by atoms with van der Waals surface area (Å²) in [6.45, 7) is -8.84. The number of nitrogens with zero attached hydrogens (tertiary/aromatic N) is 2. The topological polar surface area (TPSA) is 60.5 Å². The van der Waals surface area contributed by atoms with Gasteiger partial charge in [0, 0.05) is 35.1 Å². The van der Waals surface area contributed by atoms with E-state index in [1.165, 1.54) is 37.3 Å². The molecule has 0 saturated carbocycles. The average molecular weight is 482 g/mol. The summed E-state index contributed by atoms with van der Waals surface area (Å²) in [5.74, 6) is -1.50. The van der Waals surface area contributed by atoms with Crippen LogP contribution in [0.25, 0.3) is 0 Å². The smallest absolute Gasteiger partial charge is 0.227 e. The maximum atomic E-state index is 13.2. The molecule has 7 nitrogen and oxygen atoms in total. The largest absolute Gasteiger partial charge is 0.493 e. The van der Waals surface area contributed by atoms with Gasteiger partial charge in [-0.25, -0.2) is 0 Å². The Morgan fingerprint density at radius 1 is 1.00 bits per heavy atom. The molecule has 1 aliphatic carbocycles. The molecule has 0 bridgehead atoms. The van der Waals surface area contributed by atoms with Crippen LogP contribution in [0.3, 0.4) is 0 Å². The van der Waals surface area contributed by atoms with Gasteiger partial charge in [-0.15, -0.1) is 0 Å². The lowest BCUT2D eigenvalue weighted by Crippen LogP contribution is -2.36. The molecule has 2 aliphatic rings. The third-order valence-corrected chi connectivity index (χ3v) is 6.21. The molecule has 0 saturated heterocycles. The molecule has 7 heteroatoms. The number of methoxy groups -OCH3 is 4. The number of likely N-dealkylation sites (N-methyl/N-ethyl adjacent to an activating group) is 1. The van der Waals surface area contributed by atoms with E-state index in [0.29, 0.717) is 28.7 Å². The maximum Gasteiger partial charge on any atom is 0.227 e. The minimum absolute atomic E-state index is 0.000740.